The van der Waals surface area contributed by atoms with Gasteiger partial charge < -0.3 is 9.47 Å². The standard InChI is InChI=1S/C60H42N2/c1-5-17-43(18-6-1)48-25-15-27-52(39-48)61(53-28-16-26-49(40-53)44-19-7-2-8-20-44)51-34-31-47(32-35-51)55-37-36-54(42-57(55)46-23-11-4-12-24-46)62-59-30-14-13-29-56(59)58-41-50(33-38-60(58)62)45-21-9-3-10-22-45/h1-42H. The molecule has 0 saturated carbocycles. The Kier molecular flexibility index (Phi) is 9.57. The van der Waals surface area contributed by atoms with Crippen molar-refractivity contribution >= 4 is 38.9 Å². The molecule has 0 bridgehead atoms. The first-order chi connectivity index (χ1) is 30.7. The van der Waals surface area contributed by atoms with Gasteiger partial charge in [0.2, 0.25) is 0 Å². The molecule has 1 heterocycles. The van der Waals surface area contributed by atoms with Crippen LogP contribution in [0.2, 0.25) is 0 Å². The topological polar surface area (TPSA) is 8.17 Å². The minimum Gasteiger partial charge on any atom is -0.310 e. The molecular formula is C60H42N2. The predicted octanol–water partition coefficient (Wildman–Crippen LogP) is 16.6. The molecule has 62 heavy (non-hydrogen) atoms. The van der Waals surface area contributed by atoms with Crippen LogP contribution in [0.15, 0.2) is 255 Å². The number of aromatic nitrogens is 1. The molecule has 0 aliphatic heterocycles. The van der Waals surface area contributed by atoms with Gasteiger partial charge in [0.15, 0.2) is 0 Å². The van der Waals surface area contributed by atoms with Gasteiger partial charge in [-0.15, -0.1) is 0 Å². The smallest absolute Gasteiger partial charge is 0.0541 e. The van der Waals surface area contributed by atoms with Gasteiger partial charge in [0.05, 0.1) is 11.0 Å². The third kappa shape index (κ3) is 6.94. The molecule has 292 valence electrons. The molecule has 0 spiro atoms. The van der Waals surface area contributed by atoms with Crippen molar-refractivity contribution in [2.24, 2.45) is 0 Å². The van der Waals surface area contributed by atoms with Crippen molar-refractivity contribution in [3.8, 4) is 61.3 Å². The Balaban J connectivity index is 1.03. The first kappa shape index (κ1) is 36.8. The molecule has 0 amide bonds. The molecule has 0 atom stereocenters. The summed E-state index contributed by atoms with van der Waals surface area (Å²) in [5.74, 6) is 0. The Hall–Kier alpha value is -8.20. The van der Waals surface area contributed by atoms with Crippen LogP contribution in [-0.4, -0.2) is 4.57 Å². The summed E-state index contributed by atoms with van der Waals surface area (Å²) >= 11 is 0. The Bertz CT molecular complexity index is 3230. The van der Waals surface area contributed by atoms with Crippen LogP contribution in [0.1, 0.15) is 0 Å². The second-order valence-corrected chi connectivity index (χ2v) is 15.8. The van der Waals surface area contributed by atoms with Crippen LogP contribution < -0.4 is 4.90 Å². The lowest BCUT2D eigenvalue weighted by atomic mass is 9.93. The first-order valence-corrected chi connectivity index (χ1v) is 21.3. The van der Waals surface area contributed by atoms with Gasteiger partial charge in [0.25, 0.3) is 0 Å². The Morgan fingerprint density at radius 3 is 1.27 bits per heavy atom. The lowest BCUT2D eigenvalue weighted by molar-refractivity contribution is 1.18. The summed E-state index contributed by atoms with van der Waals surface area (Å²) in [7, 11) is 0. The third-order valence-electron chi connectivity index (χ3n) is 12.0. The quantitative estimate of drug-likeness (QED) is 0.141. The number of fused-ring (bicyclic) bond motifs is 3. The van der Waals surface area contributed by atoms with Crippen LogP contribution in [0.4, 0.5) is 17.1 Å². The van der Waals surface area contributed by atoms with E-state index in [0.29, 0.717) is 0 Å². The number of rotatable bonds is 9. The van der Waals surface area contributed by atoms with E-state index in [1.54, 1.807) is 0 Å². The molecule has 0 saturated heterocycles. The summed E-state index contributed by atoms with van der Waals surface area (Å²) in [4.78, 5) is 2.37. The van der Waals surface area contributed by atoms with Crippen molar-refractivity contribution in [1.29, 1.82) is 0 Å². The minimum absolute atomic E-state index is 1.09. The maximum absolute atomic E-state index is 2.42. The Morgan fingerprint density at radius 1 is 0.242 bits per heavy atom. The highest BCUT2D eigenvalue weighted by Gasteiger charge is 2.18. The van der Waals surface area contributed by atoms with E-state index in [0.717, 1.165) is 28.3 Å². The summed E-state index contributed by atoms with van der Waals surface area (Å²) < 4.78 is 2.42. The molecule has 0 aliphatic rings. The van der Waals surface area contributed by atoms with Crippen molar-refractivity contribution < 1.29 is 0 Å². The monoisotopic (exact) mass is 790 g/mol. The van der Waals surface area contributed by atoms with E-state index in [-0.39, 0.29) is 0 Å². The van der Waals surface area contributed by atoms with Crippen LogP contribution >= 0.6 is 0 Å². The predicted molar refractivity (Wildman–Crippen MR) is 263 cm³/mol. The van der Waals surface area contributed by atoms with E-state index in [2.05, 4.69) is 264 Å². The van der Waals surface area contributed by atoms with Gasteiger partial charge in [0, 0.05) is 33.5 Å². The molecule has 0 unspecified atom stereocenters. The van der Waals surface area contributed by atoms with Crippen molar-refractivity contribution in [3.63, 3.8) is 0 Å². The zero-order valence-electron chi connectivity index (χ0n) is 34.1. The van der Waals surface area contributed by atoms with Crippen molar-refractivity contribution in [3.05, 3.63) is 255 Å². The highest BCUT2D eigenvalue weighted by molar-refractivity contribution is 6.10. The maximum Gasteiger partial charge on any atom is 0.0541 e. The molecule has 0 radical (unpaired) electrons. The van der Waals surface area contributed by atoms with Gasteiger partial charge in [-0.25, -0.2) is 0 Å². The molecular weight excluding hydrogens is 749 g/mol. The number of nitrogens with zero attached hydrogens (tertiary/aromatic N) is 2. The normalized spacial score (nSPS) is 11.2. The van der Waals surface area contributed by atoms with E-state index in [1.165, 1.54) is 71.9 Å². The molecule has 0 aliphatic carbocycles. The second-order valence-electron chi connectivity index (χ2n) is 15.8. The van der Waals surface area contributed by atoms with E-state index < -0.39 is 0 Å². The molecule has 10 aromatic carbocycles. The SMILES string of the molecule is c1ccc(-c2cccc(N(c3ccc(-c4ccc(-n5c6ccccc6c6cc(-c7ccccc7)ccc65)cc4-c4ccccc4)cc3)c3cccc(-c4ccccc4)c3)c2)cc1. The summed E-state index contributed by atoms with van der Waals surface area (Å²) in [5, 5.41) is 2.49. The molecule has 11 rings (SSSR count). The van der Waals surface area contributed by atoms with E-state index in [1.807, 2.05) is 0 Å². The first-order valence-electron chi connectivity index (χ1n) is 21.3. The molecule has 11 aromatic rings. The van der Waals surface area contributed by atoms with Crippen molar-refractivity contribution in [1.82, 2.24) is 4.57 Å². The lowest BCUT2D eigenvalue weighted by Gasteiger charge is -2.27. The molecule has 2 heteroatoms. The van der Waals surface area contributed by atoms with Gasteiger partial charge in [-0.2, -0.15) is 0 Å². The number of benzene rings is 10. The molecule has 1 aromatic heterocycles. The zero-order chi connectivity index (χ0) is 41.2. The highest BCUT2D eigenvalue weighted by Crippen LogP contribution is 2.42. The van der Waals surface area contributed by atoms with Gasteiger partial charge in [0.1, 0.15) is 0 Å². The fourth-order valence-electron chi connectivity index (χ4n) is 8.99. The van der Waals surface area contributed by atoms with Crippen LogP contribution in [-0.2, 0) is 0 Å². The van der Waals surface area contributed by atoms with Crippen LogP contribution in [0, 0.1) is 0 Å². The summed E-state index contributed by atoms with van der Waals surface area (Å²) in [6.07, 6.45) is 0. The molecule has 2 nitrogen and oxygen atoms in total. The van der Waals surface area contributed by atoms with Crippen LogP contribution in [0.5, 0.6) is 0 Å². The second kappa shape index (κ2) is 16.1. The molecule has 0 fully saturated rings. The molecule has 0 N–H and O–H groups in total. The zero-order valence-corrected chi connectivity index (χ0v) is 34.1. The number of hydrogen-bond acceptors (Lipinski definition) is 1. The largest absolute Gasteiger partial charge is 0.310 e. The number of para-hydroxylation sites is 1. The maximum atomic E-state index is 2.42. The summed E-state index contributed by atoms with van der Waals surface area (Å²) in [6.45, 7) is 0. The van der Waals surface area contributed by atoms with Crippen molar-refractivity contribution in [2.45, 2.75) is 0 Å². The highest BCUT2D eigenvalue weighted by atomic mass is 15.1. The minimum atomic E-state index is 1.09. The Morgan fingerprint density at radius 2 is 0.694 bits per heavy atom. The van der Waals surface area contributed by atoms with Crippen molar-refractivity contribution in [2.75, 3.05) is 4.90 Å². The van der Waals surface area contributed by atoms with Crippen LogP contribution in [0.25, 0.3) is 83.1 Å². The fraction of sp³-hybridized carbons (Fsp3) is 0. The lowest BCUT2D eigenvalue weighted by Crippen LogP contribution is -2.10. The Labute approximate surface area is 362 Å². The van der Waals surface area contributed by atoms with Gasteiger partial charge in [-0.1, -0.05) is 188 Å². The van der Waals surface area contributed by atoms with Gasteiger partial charge in [-0.05, 0) is 122 Å². The van der Waals surface area contributed by atoms with E-state index in [9.17, 15) is 0 Å². The number of anilines is 3. The summed E-state index contributed by atoms with van der Waals surface area (Å²) in [6, 6.07) is 92.0. The average Bonchev–Trinajstić information content (AvgIpc) is 3.69. The number of hydrogen-bond donors (Lipinski definition) is 0. The summed E-state index contributed by atoms with van der Waals surface area (Å²) in [5.41, 5.74) is 18.7. The van der Waals surface area contributed by atoms with Crippen LogP contribution in [0.3, 0.4) is 0 Å². The van der Waals surface area contributed by atoms with Gasteiger partial charge >= 0.3 is 0 Å². The van der Waals surface area contributed by atoms with E-state index >= 15 is 0 Å². The third-order valence-corrected chi connectivity index (χ3v) is 12.0. The van der Waals surface area contributed by atoms with E-state index in [4.69, 9.17) is 0 Å². The fourth-order valence-corrected chi connectivity index (χ4v) is 8.99. The van der Waals surface area contributed by atoms with Gasteiger partial charge in [-0.3, -0.25) is 0 Å². The average molecular weight is 791 g/mol.